The average molecular weight is 350 g/mol. The first-order valence-corrected chi connectivity index (χ1v) is 7.56. The summed E-state index contributed by atoms with van der Waals surface area (Å²) in [4.78, 5) is 44.6. The molecule has 0 heterocycles. The quantitative estimate of drug-likeness (QED) is 0.367. The molecule has 0 saturated heterocycles. The molecule has 0 saturated carbocycles. The molecule has 0 aromatic rings. The Labute approximate surface area is 140 Å². The van der Waals surface area contributed by atoms with Crippen LogP contribution >= 0.6 is 12.6 Å². The third-order valence-corrected chi connectivity index (χ3v) is 2.92. The smallest absolute Gasteiger partial charge is 0.303 e. The fraction of sp³-hybridized carbons (Fsp3) is 0.714. The van der Waals surface area contributed by atoms with Crippen LogP contribution in [0.4, 0.5) is 0 Å². The second-order valence-corrected chi connectivity index (χ2v) is 5.05. The predicted molar refractivity (Wildman–Crippen MR) is 81.8 cm³/mol. The molecule has 0 aromatic heterocycles. The van der Waals surface area contributed by atoms with Crippen LogP contribution in [0, 0.1) is 0 Å². The molecular formula is C14H22O8S. The number of ether oxygens (including phenoxy) is 4. The summed E-state index contributed by atoms with van der Waals surface area (Å²) in [5, 5.41) is 0. The van der Waals surface area contributed by atoms with Crippen molar-refractivity contribution in [2.45, 2.75) is 52.4 Å². The lowest BCUT2D eigenvalue weighted by Crippen LogP contribution is -2.46. The lowest BCUT2D eigenvalue weighted by atomic mass is 10.1. The fourth-order valence-corrected chi connectivity index (χ4v) is 2.11. The van der Waals surface area contributed by atoms with E-state index in [1.165, 1.54) is 27.7 Å². The lowest BCUT2D eigenvalue weighted by Gasteiger charge is -2.31. The van der Waals surface area contributed by atoms with Crippen LogP contribution in [0.2, 0.25) is 0 Å². The van der Waals surface area contributed by atoms with Crippen LogP contribution in [0.3, 0.4) is 0 Å². The van der Waals surface area contributed by atoms with Crippen molar-refractivity contribution in [2.75, 3.05) is 12.4 Å². The third-order valence-electron chi connectivity index (χ3n) is 2.56. The van der Waals surface area contributed by atoms with E-state index >= 15 is 0 Å². The summed E-state index contributed by atoms with van der Waals surface area (Å²) in [6, 6.07) is 0. The number of carbonyl (C=O) groups excluding carboxylic acids is 4. The molecule has 3 atom stereocenters. The van der Waals surface area contributed by atoms with Gasteiger partial charge in [0.05, 0.1) is 6.61 Å². The molecule has 0 bridgehead atoms. The fourth-order valence-electron chi connectivity index (χ4n) is 1.83. The Morgan fingerprint density at radius 1 is 0.783 bits per heavy atom. The molecule has 0 aliphatic rings. The maximum Gasteiger partial charge on any atom is 0.303 e. The van der Waals surface area contributed by atoms with Gasteiger partial charge >= 0.3 is 23.9 Å². The van der Waals surface area contributed by atoms with E-state index in [1.807, 2.05) is 0 Å². The number of rotatable bonds is 9. The molecule has 0 N–H and O–H groups in total. The van der Waals surface area contributed by atoms with E-state index in [-0.39, 0.29) is 18.8 Å². The normalized spacial score (nSPS) is 14.1. The predicted octanol–water partition coefficient (Wildman–Crippen LogP) is 0.664. The number of esters is 4. The van der Waals surface area contributed by atoms with Gasteiger partial charge in [-0.25, -0.2) is 0 Å². The van der Waals surface area contributed by atoms with E-state index < -0.39 is 42.2 Å². The summed E-state index contributed by atoms with van der Waals surface area (Å²) in [6.07, 6.45) is -2.86. The Kier molecular flexibility index (Phi) is 10.0. The van der Waals surface area contributed by atoms with Gasteiger partial charge in [0.2, 0.25) is 0 Å². The molecule has 8 nitrogen and oxygen atoms in total. The number of carbonyl (C=O) groups is 4. The molecule has 9 heteroatoms. The molecule has 23 heavy (non-hydrogen) atoms. The molecule has 0 aromatic carbocycles. The van der Waals surface area contributed by atoms with E-state index in [1.54, 1.807) is 0 Å². The van der Waals surface area contributed by atoms with Crippen molar-refractivity contribution in [1.82, 2.24) is 0 Å². The van der Waals surface area contributed by atoms with Gasteiger partial charge in [-0.15, -0.1) is 0 Å². The van der Waals surface area contributed by atoms with Crippen molar-refractivity contribution in [3.8, 4) is 0 Å². The number of thiol groups is 1. The number of hydrogen-bond acceptors (Lipinski definition) is 9. The van der Waals surface area contributed by atoms with Crippen molar-refractivity contribution in [1.29, 1.82) is 0 Å². The van der Waals surface area contributed by atoms with Gasteiger partial charge in [-0.05, 0) is 0 Å². The minimum atomic E-state index is -1.06. The second-order valence-electron chi connectivity index (χ2n) is 4.68. The molecule has 132 valence electrons. The van der Waals surface area contributed by atoms with Gasteiger partial charge in [0.25, 0.3) is 0 Å². The molecule has 0 rings (SSSR count). The Bertz CT molecular complexity index is 436. The molecule has 0 spiro atoms. The Morgan fingerprint density at radius 2 is 1.26 bits per heavy atom. The molecule has 0 amide bonds. The standard InChI is InChI=1S/C14H22O8S/c1-8(15)19-6-5-12(20-9(2)16)14(22-11(4)18)13(7-23)21-10(3)17/h12-14,23H,5-7H2,1-4H3/t12-,13-,14+/m1/s1. The van der Waals surface area contributed by atoms with Crippen LogP contribution in [0.25, 0.3) is 0 Å². The highest BCUT2D eigenvalue weighted by Crippen LogP contribution is 2.18. The third kappa shape index (κ3) is 9.77. The van der Waals surface area contributed by atoms with Gasteiger partial charge in [0.15, 0.2) is 12.2 Å². The Hall–Kier alpha value is -1.77. The highest BCUT2D eigenvalue weighted by molar-refractivity contribution is 7.80. The van der Waals surface area contributed by atoms with Crippen LogP contribution in [0.1, 0.15) is 34.1 Å². The molecule has 0 aliphatic carbocycles. The summed E-state index contributed by atoms with van der Waals surface area (Å²) in [7, 11) is 0. The maximum atomic E-state index is 11.3. The summed E-state index contributed by atoms with van der Waals surface area (Å²) in [5.41, 5.74) is 0. The molecule has 0 fully saturated rings. The monoisotopic (exact) mass is 350 g/mol. The van der Waals surface area contributed by atoms with Gasteiger partial charge < -0.3 is 18.9 Å². The first-order chi connectivity index (χ1) is 10.7. The van der Waals surface area contributed by atoms with Gasteiger partial charge in [-0.3, -0.25) is 19.2 Å². The van der Waals surface area contributed by atoms with Gasteiger partial charge in [-0.2, -0.15) is 12.6 Å². The minimum absolute atomic E-state index is 0.0445. The first kappa shape index (κ1) is 21.2. The highest BCUT2D eigenvalue weighted by atomic mass is 32.1. The van der Waals surface area contributed by atoms with E-state index in [0.29, 0.717) is 0 Å². The van der Waals surface area contributed by atoms with E-state index in [4.69, 9.17) is 18.9 Å². The van der Waals surface area contributed by atoms with Crippen LogP contribution in [-0.4, -0.2) is 54.5 Å². The zero-order valence-corrected chi connectivity index (χ0v) is 14.5. The van der Waals surface area contributed by atoms with Gasteiger partial charge in [0, 0.05) is 39.9 Å². The van der Waals surface area contributed by atoms with Gasteiger partial charge in [-0.1, -0.05) is 0 Å². The van der Waals surface area contributed by atoms with E-state index in [2.05, 4.69) is 12.6 Å². The Morgan fingerprint density at radius 3 is 1.65 bits per heavy atom. The van der Waals surface area contributed by atoms with Crippen molar-refractivity contribution in [3.63, 3.8) is 0 Å². The molecule has 0 unspecified atom stereocenters. The van der Waals surface area contributed by atoms with Gasteiger partial charge in [0.1, 0.15) is 6.10 Å². The molecule has 0 aliphatic heterocycles. The second kappa shape index (κ2) is 10.9. The summed E-state index contributed by atoms with van der Waals surface area (Å²) in [5.74, 6) is -2.30. The largest absolute Gasteiger partial charge is 0.466 e. The zero-order chi connectivity index (χ0) is 18.0. The van der Waals surface area contributed by atoms with E-state index in [9.17, 15) is 19.2 Å². The summed E-state index contributed by atoms with van der Waals surface area (Å²) < 4.78 is 20.1. The maximum absolute atomic E-state index is 11.3. The molecular weight excluding hydrogens is 328 g/mol. The zero-order valence-electron chi connectivity index (χ0n) is 13.6. The van der Waals surface area contributed by atoms with Crippen LogP contribution in [-0.2, 0) is 38.1 Å². The number of hydrogen-bond donors (Lipinski definition) is 1. The average Bonchev–Trinajstić information content (AvgIpc) is 2.40. The SMILES string of the molecule is CC(=O)OCC[C@@H](OC(C)=O)[C@H](OC(C)=O)[C@@H](CS)OC(C)=O. The minimum Gasteiger partial charge on any atom is -0.466 e. The van der Waals surface area contributed by atoms with Crippen LogP contribution < -0.4 is 0 Å². The van der Waals surface area contributed by atoms with Crippen molar-refractivity contribution in [3.05, 3.63) is 0 Å². The van der Waals surface area contributed by atoms with Crippen LogP contribution in [0.15, 0.2) is 0 Å². The lowest BCUT2D eigenvalue weighted by molar-refractivity contribution is -0.182. The van der Waals surface area contributed by atoms with Crippen molar-refractivity contribution >= 4 is 36.5 Å². The topological polar surface area (TPSA) is 105 Å². The molecule has 0 radical (unpaired) electrons. The van der Waals surface area contributed by atoms with E-state index in [0.717, 1.165) is 0 Å². The van der Waals surface area contributed by atoms with Crippen LogP contribution in [0.5, 0.6) is 0 Å². The van der Waals surface area contributed by atoms with Crippen molar-refractivity contribution < 1.29 is 38.1 Å². The first-order valence-electron chi connectivity index (χ1n) is 6.93. The Balaban J connectivity index is 5.23. The summed E-state index contributed by atoms with van der Waals surface area (Å²) >= 11 is 4.07. The highest BCUT2D eigenvalue weighted by Gasteiger charge is 2.36. The summed E-state index contributed by atoms with van der Waals surface area (Å²) in [6.45, 7) is 4.74. The van der Waals surface area contributed by atoms with Crippen molar-refractivity contribution in [2.24, 2.45) is 0 Å².